The summed E-state index contributed by atoms with van der Waals surface area (Å²) in [6.45, 7) is 6.94. The van der Waals surface area contributed by atoms with E-state index >= 15 is 0 Å². The summed E-state index contributed by atoms with van der Waals surface area (Å²) in [5, 5.41) is 0.535. The van der Waals surface area contributed by atoms with Gasteiger partial charge in [0.05, 0.1) is 0 Å². The van der Waals surface area contributed by atoms with Gasteiger partial charge in [-0.25, -0.2) is 0 Å². The zero-order valence-electron chi connectivity index (χ0n) is 14.5. The summed E-state index contributed by atoms with van der Waals surface area (Å²) in [7, 11) is 0. The molecule has 130 valence electrons. The fourth-order valence-electron chi connectivity index (χ4n) is 3.17. The molecule has 4 nitrogen and oxygen atoms in total. The van der Waals surface area contributed by atoms with Gasteiger partial charge in [0, 0.05) is 47.8 Å². The van der Waals surface area contributed by atoms with Crippen molar-refractivity contribution in [3.8, 4) is 0 Å². The SMILES string of the molecule is CC(C)Sc1ccc(C(=O)N2CCN(C(=O)C3CCC3)CC2)cc1. The molecule has 24 heavy (non-hydrogen) atoms. The Hall–Kier alpha value is -1.49. The number of benzene rings is 1. The van der Waals surface area contributed by atoms with Gasteiger partial charge in [0.1, 0.15) is 0 Å². The first-order valence-corrected chi connectivity index (χ1v) is 9.77. The number of hydrogen-bond acceptors (Lipinski definition) is 3. The van der Waals surface area contributed by atoms with E-state index in [1.807, 2.05) is 34.1 Å². The molecule has 0 bridgehead atoms. The van der Waals surface area contributed by atoms with Gasteiger partial charge in [0.25, 0.3) is 5.91 Å². The normalized spacial score (nSPS) is 18.6. The van der Waals surface area contributed by atoms with Gasteiger partial charge in [0.2, 0.25) is 5.91 Å². The number of rotatable bonds is 4. The van der Waals surface area contributed by atoms with Crippen LogP contribution in [0.15, 0.2) is 29.2 Å². The van der Waals surface area contributed by atoms with Gasteiger partial charge < -0.3 is 9.80 Å². The Morgan fingerprint density at radius 1 is 1.00 bits per heavy atom. The van der Waals surface area contributed by atoms with Crippen molar-refractivity contribution >= 4 is 23.6 Å². The topological polar surface area (TPSA) is 40.6 Å². The van der Waals surface area contributed by atoms with E-state index in [0.717, 1.165) is 18.4 Å². The second kappa shape index (κ2) is 7.60. The number of piperazine rings is 1. The number of nitrogens with zero attached hydrogens (tertiary/aromatic N) is 2. The highest BCUT2D eigenvalue weighted by Gasteiger charge is 2.32. The van der Waals surface area contributed by atoms with Crippen molar-refractivity contribution in [1.29, 1.82) is 0 Å². The first kappa shape index (κ1) is 17.3. The second-order valence-electron chi connectivity index (χ2n) is 6.94. The fourth-order valence-corrected chi connectivity index (χ4v) is 4.01. The summed E-state index contributed by atoms with van der Waals surface area (Å²) >= 11 is 1.80. The highest BCUT2D eigenvalue weighted by Crippen LogP contribution is 2.28. The molecule has 0 aromatic heterocycles. The summed E-state index contributed by atoms with van der Waals surface area (Å²) in [6, 6.07) is 7.88. The van der Waals surface area contributed by atoms with Crippen molar-refractivity contribution in [2.75, 3.05) is 26.2 Å². The van der Waals surface area contributed by atoms with Crippen LogP contribution < -0.4 is 0 Å². The number of carbonyl (C=O) groups excluding carboxylic acids is 2. The van der Waals surface area contributed by atoms with E-state index in [1.54, 1.807) is 11.8 Å². The third kappa shape index (κ3) is 3.94. The van der Waals surface area contributed by atoms with Crippen LogP contribution in [0.1, 0.15) is 43.5 Å². The Balaban J connectivity index is 1.53. The molecule has 0 N–H and O–H groups in total. The molecule has 2 amide bonds. The van der Waals surface area contributed by atoms with E-state index in [-0.39, 0.29) is 11.8 Å². The molecule has 1 aliphatic heterocycles. The van der Waals surface area contributed by atoms with Gasteiger partial charge in [0.15, 0.2) is 0 Å². The van der Waals surface area contributed by atoms with Crippen LogP contribution in [0, 0.1) is 5.92 Å². The Morgan fingerprint density at radius 2 is 1.58 bits per heavy atom. The van der Waals surface area contributed by atoms with Crippen LogP contribution in [0.2, 0.25) is 0 Å². The first-order valence-electron chi connectivity index (χ1n) is 8.89. The second-order valence-corrected chi connectivity index (χ2v) is 8.59. The third-order valence-corrected chi connectivity index (χ3v) is 5.82. The highest BCUT2D eigenvalue weighted by atomic mass is 32.2. The van der Waals surface area contributed by atoms with Crippen LogP contribution in [0.4, 0.5) is 0 Å². The number of hydrogen-bond donors (Lipinski definition) is 0. The first-order chi connectivity index (χ1) is 11.5. The lowest BCUT2D eigenvalue weighted by molar-refractivity contribution is -0.139. The largest absolute Gasteiger partial charge is 0.339 e. The Labute approximate surface area is 148 Å². The molecule has 0 atom stereocenters. The van der Waals surface area contributed by atoms with Crippen molar-refractivity contribution in [3.05, 3.63) is 29.8 Å². The standard InChI is InChI=1S/C19H26N2O2S/c1-14(2)24-17-8-6-16(7-9-17)19(23)21-12-10-20(11-13-21)18(22)15-4-3-5-15/h6-9,14-15H,3-5,10-13H2,1-2H3. The van der Waals surface area contributed by atoms with Gasteiger partial charge >= 0.3 is 0 Å². The lowest BCUT2D eigenvalue weighted by Crippen LogP contribution is -2.52. The van der Waals surface area contributed by atoms with Gasteiger partial charge in [-0.1, -0.05) is 20.3 Å². The van der Waals surface area contributed by atoms with Crippen molar-refractivity contribution in [2.45, 2.75) is 43.3 Å². The number of carbonyl (C=O) groups is 2. The molecule has 0 unspecified atom stereocenters. The molecule has 2 aliphatic rings. The number of thioether (sulfide) groups is 1. The van der Waals surface area contributed by atoms with Gasteiger partial charge in [-0.15, -0.1) is 11.8 Å². The number of amides is 2. The van der Waals surface area contributed by atoms with Crippen LogP contribution in [0.3, 0.4) is 0 Å². The monoisotopic (exact) mass is 346 g/mol. The van der Waals surface area contributed by atoms with Crippen molar-refractivity contribution in [2.24, 2.45) is 5.92 Å². The molecule has 1 aliphatic carbocycles. The van der Waals surface area contributed by atoms with E-state index in [1.165, 1.54) is 11.3 Å². The van der Waals surface area contributed by atoms with Crippen molar-refractivity contribution in [3.63, 3.8) is 0 Å². The minimum Gasteiger partial charge on any atom is -0.339 e. The smallest absolute Gasteiger partial charge is 0.253 e. The molecule has 5 heteroatoms. The van der Waals surface area contributed by atoms with E-state index in [0.29, 0.717) is 37.3 Å². The summed E-state index contributed by atoms with van der Waals surface area (Å²) in [5.74, 6) is 0.619. The molecule has 1 aromatic carbocycles. The maximum Gasteiger partial charge on any atom is 0.253 e. The minimum atomic E-state index is 0.0758. The maximum atomic E-state index is 12.6. The molecule has 1 saturated carbocycles. The summed E-state index contributed by atoms with van der Waals surface area (Å²) in [5.41, 5.74) is 0.738. The Kier molecular flexibility index (Phi) is 5.49. The zero-order chi connectivity index (χ0) is 17.1. The van der Waals surface area contributed by atoms with Crippen LogP contribution in [0.25, 0.3) is 0 Å². The molecule has 1 heterocycles. The van der Waals surface area contributed by atoms with E-state index in [9.17, 15) is 9.59 Å². The summed E-state index contributed by atoms with van der Waals surface area (Å²) in [4.78, 5) is 29.9. The molecular weight excluding hydrogens is 320 g/mol. The van der Waals surface area contributed by atoms with Crippen LogP contribution >= 0.6 is 11.8 Å². The highest BCUT2D eigenvalue weighted by molar-refractivity contribution is 7.99. The van der Waals surface area contributed by atoms with Crippen LogP contribution in [0.5, 0.6) is 0 Å². The van der Waals surface area contributed by atoms with E-state index in [4.69, 9.17) is 0 Å². The Morgan fingerprint density at radius 3 is 2.08 bits per heavy atom. The molecule has 1 saturated heterocycles. The van der Waals surface area contributed by atoms with E-state index in [2.05, 4.69) is 13.8 Å². The minimum absolute atomic E-state index is 0.0758. The summed E-state index contributed by atoms with van der Waals surface area (Å²) < 4.78 is 0. The average Bonchev–Trinajstić information content (AvgIpc) is 2.53. The van der Waals surface area contributed by atoms with Gasteiger partial charge in [-0.2, -0.15) is 0 Å². The zero-order valence-corrected chi connectivity index (χ0v) is 15.3. The average molecular weight is 346 g/mol. The lowest BCUT2D eigenvalue weighted by Gasteiger charge is -2.38. The third-order valence-electron chi connectivity index (χ3n) is 4.81. The quantitative estimate of drug-likeness (QED) is 0.786. The van der Waals surface area contributed by atoms with Gasteiger partial charge in [-0.3, -0.25) is 9.59 Å². The molecule has 0 radical (unpaired) electrons. The molecule has 2 fully saturated rings. The molecular formula is C19H26N2O2S. The maximum absolute atomic E-state index is 12.6. The van der Waals surface area contributed by atoms with E-state index < -0.39 is 0 Å². The van der Waals surface area contributed by atoms with Crippen LogP contribution in [-0.2, 0) is 4.79 Å². The van der Waals surface area contributed by atoms with Gasteiger partial charge in [-0.05, 0) is 37.1 Å². The predicted octanol–water partition coefficient (Wildman–Crippen LogP) is 3.27. The predicted molar refractivity (Wildman–Crippen MR) is 97.3 cm³/mol. The van der Waals surface area contributed by atoms with Crippen LogP contribution in [-0.4, -0.2) is 53.0 Å². The van der Waals surface area contributed by atoms with Crippen molar-refractivity contribution in [1.82, 2.24) is 9.80 Å². The van der Waals surface area contributed by atoms with Crippen molar-refractivity contribution < 1.29 is 9.59 Å². The Bertz CT molecular complexity index is 588. The molecule has 3 rings (SSSR count). The molecule has 0 spiro atoms. The molecule has 1 aromatic rings. The fraction of sp³-hybridized carbons (Fsp3) is 0.579. The summed E-state index contributed by atoms with van der Waals surface area (Å²) in [6.07, 6.45) is 3.26. The lowest BCUT2D eigenvalue weighted by atomic mass is 9.84.